The molecule has 0 fully saturated rings. The van der Waals surface area contributed by atoms with Crippen molar-refractivity contribution >= 4 is 22.1 Å². The number of phenols is 1. The molecule has 2 aromatic carbocycles. The second kappa shape index (κ2) is 7.22. The second-order valence-corrected chi connectivity index (χ2v) is 6.94. The predicted octanol–water partition coefficient (Wildman–Crippen LogP) is 1.76. The molecule has 1 amide bonds. The molecule has 0 aliphatic rings. The number of sulfonamides is 1. The normalized spacial score (nSPS) is 12.3. The Hall–Kier alpha value is -3.07. The van der Waals surface area contributed by atoms with Crippen LogP contribution in [-0.4, -0.2) is 46.1 Å². The number of rotatable bonds is 6. The first-order valence-corrected chi connectivity index (χ1v) is 8.50. The number of aliphatic carboxylic acids is 1. The van der Waals surface area contributed by atoms with Gasteiger partial charge in [0.2, 0.25) is 0 Å². The maximum absolute atomic E-state index is 12.6. The monoisotopic (exact) mass is 365 g/mol. The molecule has 2 rings (SSSR count). The van der Waals surface area contributed by atoms with Gasteiger partial charge in [0.25, 0.3) is 10.0 Å². The molecule has 0 spiro atoms. The minimum absolute atomic E-state index is 0.0531. The number of nitrogens with zero attached hydrogens (tertiary/aromatic N) is 1. The fraction of sp³-hybridized carbons (Fsp3) is 0.125. The topological polar surface area (TPSA) is 132 Å². The van der Waals surface area contributed by atoms with Crippen LogP contribution in [0.25, 0.3) is 0 Å². The van der Waals surface area contributed by atoms with Gasteiger partial charge in [-0.3, -0.25) is 0 Å². The van der Waals surface area contributed by atoms with Crippen molar-refractivity contribution in [3.63, 3.8) is 0 Å². The van der Waals surface area contributed by atoms with E-state index in [4.69, 9.17) is 0 Å². The van der Waals surface area contributed by atoms with Gasteiger partial charge in [-0.15, -0.1) is 0 Å². The lowest BCUT2D eigenvalue weighted by Crippen LogP contribution is -2.49. The molecule has 0 aliphatic carbocycles. The molecular formula is C16H15NO7S. The van der Waals surface area contributed by atoms with E-state index in [0.29, 0.717) is 5.56 Å². The summed E-state index contributed by atoms with van der Waals surface area (Å²) in [7, 11) is -4.57. The van der Waals surface area contributed by atoms with Crippen LogP contribution in [0.2, 0.25) is 0 Å². The van der Waals surface area contributed by atoms with Gasteiger partial charge in [-0.2, -0.15) is 4.31 Å². The zero-order valence-corrected chi connectivity index (χ0v) is 13.6. The molecule has 25 heavy (non-hydrogen) atoms. The molecule has 0 aliphatic heterocycles. The van der Waals surface area contributed by atoms with Gasteiger partial charge in [-0.25, -0.2) is 18.0 Å². The third kappa shape index (κ3) is 4.07. The van der Waals surface area contributed by atoms with Gasteiger partial charge >= 0.3 is 12.1 Å². The molecule has 9 heteroatoms. The molecule has 0 saturated carbocycles. The first-order valence-electron chi connectivity index (χ1n) is 7.06. The van der Waals surface area contributed by atoms with Gasteiger partial charge in [0.1, 0.15) is 5.75 Å². The Bertz CT molecular complexity index is 863. The van der Waals surface area contributed by atoms with E-state index in [2.05, 4.69) is 0 Å². The summed E-state index contributed by atoms with van der Waals surface area (Å²) in [4.78, 5) is 22.8. The smallest absolute Gasteiger partial charge is 0.422 e. The van der Waals surface area contributed by atoms with E-state index < -0.39 is 28.1 Å². The van der Waals surface area contributed by atoms with Crippen molar-refractivity contribution in [2.24, 2.45) is 0 Å². The van der Waals surface area contributed by atoms with Crippen LogP contribution in [0.1, 0.15) is 5.56 Å². The van der Waals surface area contributed by atoms with Crippen molar-refractivity contribution in [3.05, 3.63) is 60.2 Å². The van der Waals surface area contributed by atoms with E-state index in [-0.39, 0.29) is 21.4 Å². The number of phenolic OH excluding ortho intramolecular Hbond substituents is 1. The highest BCUT2D eigenvalue weighted by Crippen LogP contribution is 2.21. The Morgan fingerprint density at radius 1 is 0.960 bits per heavy atom. The first-order chi connectivity index (χ1) is 11.7. The van der Waals surface area contributed by atoms with Gasteiger partial charge in [-0.05, 0) is 29.8 Å². The van der Waals surface area contributed by atoms with Crippen LogP contribution in [0.3, 0.4) is 0 Å². The lowest BCUT2D eigenvalue weighted by Gasteiger charge is -2.25. The van der Waals surface area contributed by atoms with Crippen molar-refractivity contribution in [2.75, 3.05) is 0 Å². The van der Waals surface area contributed by atoms with Crippen LogP contribution < -0.4 is 0 Å². The zero-order chi connectivity index (χ0) is 18.6. The Labute approximate surface area is 143 Å². The largest absolute Gasteiger partial charge is 0.508 e. The highest BCUT2D eigenvalue weighted by atomic mass is 32.2. The Morgan fingerprint density at radius 2 is 1.52 bits per heavy atom. The minimum Gasteiger partial charge on any atom is -0.508 e. The maximum Gasteiger partial charge on any atom is 0.422 e. The third-order valence-corrected chi connectivity index (χ3v) is 5.22. The molecule has 132 valence electrons. The molecule has 0 aromatic heterocycles. The molecule has 1 atom stereocenters. The second-order valence-electron chi connectivity index (χ2n) is 5.12. The summed E-state index contributed by atoms with van der Waals surface area (Å²) in [6.45, 7) is 0. The summed E-state index contributed by atoms with van der Waals surface area (Å²) in [6.07, 6.45) is -2.27. The number of aromatic hydroxyl groups is 1. The van der Waals surface area contributed by atoms with Gasteiger partial charge in [0, 0.05) is 6.42 Å². The highest BCUT2D eigenvalue weighted by molar-refractivity contribution is 7.89. The standard InChI is InChI=1S/C16H15NO7S/c18-12-8-6-11(7-9-12)10-14(15(19)20)17(16(21)22)25(23,24)13-4-2-1-3-5-13/h1-9,14,18H,10H2,(H,19,20)(H,21,22)/t14-/m0/s1. The van der Waals surface area contributed by atoms with Crippen molar-refractivity contribution < 1.29 is 33.3 Å². The lowest BCUT2D eigenvalue weighted by molar-refractivity contribution is -0.141. The van der Waals surface area contributed by atoms with E-state index in [9.17, 15) is 33.3 Å². The molecule has 0 bridgehead atoms. The summed E-state index contributed by atoms with van der Waals surface area (Å²) < 4.78 is 25.2. The maximum atomic E-state index is 12.6. The fourth-order valence-electron chi connectivity index (χ4n) is 2.24. The fourth-order valence-corrected chi connectivity index (χ4v) is 3.67. The summed E-state index contributed by atoms with van der Waals surface area (Å²) in [5.74, 6) is -1.65. The molecule has 0 saturated heterocycles. The lowest BCUT2D eigenvalue weighted by atomic mass is 10.1. The number of carboxylic acid groups (broad SMARTS) is 2. The average molecular weight is 365 g/mol. The van der Waals surface area contributed by atoms with Crippen LogP contribution in [0, 0.1) is 0 Å². The molecular weight excluding hydrogens is 350 g/mol. The summed E-state index contributed by atoms with van der Waals surface area (Å²) in [5.41, 5.74) is 0.361. The van der Waals surface area contributed by atoms with Crippen molar-refractivity contribution in [1.29, 1.82) is 0 Å². The number of carbonyl (C=O) groups is 2. The van der Waals surface area contributed by atoms with Gasteiger partial charge in [-0.1, -0.05) is 30.3 Å². The van der Waals surface area contributed by atoms with Gasteiger partial charge in [0.15, 0.2) is 6.04 Å². The molecule has 2 aromatic rings. The van der Waals surface area contributed by atoms with E-state index in [1.54, 1.807) is 6.07 Å². The van der Waals surface area contributed by atoms with Crippen LogP contribution in [-0.2, 0) is 21.2 Å². The average Bonchev–Trinajstić information content (AvgIpc) is 2.56. The number of amides is 1. The molecule has 8 nitrogen and oxygen atoms in total. The summed E-state index contributed by atoms with van der Waals surface area (Å²) >= 11 is 0. The van der Waals surface area contributed by atoms with E-state index >= 15 is 0 Å². The number of carboxylic acids is 1. The first kappa shape index (κ1) is 18.3. The third-order valence-electron chi connectivity index (χ3n) is 3.42. The SMILES string of the molecule is O=C(O)[C@H](Cc1ccc(O)cc1)N(C(=O)O)S(=O)(=O)c1ccccc1. The number of hydrogen-bond donors (Lipinski definition) is 3. The van der Waals surface area contributed by atoms with Gasteiger partial charge < -0.3 is 15.3 Å². The highest BCUT2D eigenvalue weighted by Gasteiger charge is 2.40. The summed E-state index contributed by atoms with van der Waals surface area (Å²) in [6, 6.07) is 10.2. The zero-order valence-electron chi connectivity index (χ0n) is 12.8. The van der Waals surface area contributed by atoms with E-state index in [0.717, 1.165) is 0 Å². The van der Waals surface area contributed by atoms with Crippen molar-refractivity contribution in [3.8, 4) is 5.75 Å². The Morgan fingerprint density at radius 3 is 2.00 bits per heavy atom. The van der Waals surface area contributed by atoms with Crippen LogP contribution in [0.15, 0.2) is 59.5 Å². The summed E-state index contributed by atoms with van der Waals surface area (Å²) in [5, 5.41) is 28.0. The minimum atomic E-state index is -4.57. The van der Waals surface area contributed by atoms with Crippen LogP contribution in [0.5, 0.6) is 5.75 Å². The Kier molecular flexibility index (Phi) is 5.28. The predicted molar refractivity (Wildman–Crippen MR) is 86.7 cm³/mol. The van der Waals surface area contributed by atoms with Crippen LogP contribution >= 0.6 is 0 Å². The van der Waals surface area contributed by atoms with Gasteiger partial charge in [0.05, 0.1) is 4.90 Å². The molecule has 3 N–H and O–H groups in total. The molecule has 0 radical (unpaired) electrons. The van der Waals surface area contributed by atoms with Crippen LogP contribution in [0.4, 0.5) is 4.79 Å². The van der Waals surface area contributed by atoms with E-state index in [1.807, 2.05) is 0 Å². The van der Waals surface area contributed by atoms with Crippen molar-refractivity contribution in [1.82, 2.24) is 4.31 Å². The molecule has 0 unspecified atom stereocenters. The molecule has 0 heterocycles. The quantitative estimate of drug-likeness (QED) is 0.710. The van der Waals surface area contributed by atoms with Crippen molar-refractivity contribution in [2.45, 2.75) is 17.4 Å². The number of benzene rings is 2. The van der Waals surface area contributed by atoms with E-state index in [1.165, 1.54) is 48.5 Å². The number of hydrogen-bond acceptors (Lipinski definition) is 5. The Balaban J connectivity index is 2.46.